The summed E-state index contributed by atoms with van der Waals surface area (Å²) in [7, 11) is 1.65. The van der Waals surface area contributed by atoms with Crippen LogP contribution < -0.4 is 10.1 Å². The minimum atomic E-state index is 0.614. The number of methoxy groups -OCH3 is 1. The summed E-state index contributed by atoms with van der Waals surface area (Å²) in [6, 6.07) is 11.9. The lowest BCUT2D eigenvalue weighted by Gasteiger charge is -2.03. The number of hydrogen-bond acceptors (Lipinski definition) is 4. The smallest absolute Gasteiger partial charge is 0.176 e. The molecule has 102 valence electrons. The fourth-order valence-corrected chi connectivity index (χ4v) is 2.10. The van der Waals surface area contributed by atoms with Crippen molar-refractivity contribution in [3.8, 4) is 5.75 Å². The molecule has 3 rings (SSSR count). The number of fused-ring (bicyclic) bond motifs is 1. The molecule has 0 bridgehead atoms. The largest absolute Gasteiger partial charge is 0.493 e. The lowest BCUT2D eigenvalue weighted by molar-refractivity contribution is 0.408. The monoisotopic (exact) mass is 268 g/mol. The Balaban J connectivity index is 1.79. The number of nitrogens with zero attached hydrogens (tertiary/aromatic N) is 1. The van der Waals surface area contributed by atoms with Gasteiger partial charge in [-0.1, -0.05) is 12.1 Å². The van der Waals surface area contributed by atoms with Crippen LogP contribution in [-0.4, -0.2) is 12.1 Å². The van der Waals surface area contributed by atoms with Crippen molar-refractivity contribution in [3.63, 3.8) is 0 Å². The number of hydrogen-bond donors (Lipinski definition) is 1. The molecule has 0 aliphatic carbocycles. The van der Waals surface area contributed by atoms with Crippen LogP contribution in [0.1, 0.15) is 11.5 Å². The van der Waals surface area contributed by atoms with Crippen molar-refractivity contribution in [2.75, 3.05) is 12.4 Å². The molecule has 0 saturated carbocycles. The van der Waals surface area contributed by atoms with Gasteiger partial charge in [0.05, 0.1) is 25.5 Å². The number of benzene rings is 1. The lowest BCUT2D eigenvalue weighted by atomic mass is 10.2. The second kappa shape index (κ2) is 5.25. The normalized spacial score (nSPS) is 10.7. The fraction of sp³-hybridized carbons (Fsp3) is 0.188. The Hall–Kier alpha value is -2.49. The van der Waals surface area contributed by atoms with Crippen LogP contribution in [0, 0.1) is 6.92 Å². The van der Waals surface area contributed by atoms with Crippen LogP contribution in [-0.2, 0) is 6.54 Å². The van der Waals surface area contributed by atoms with Crippen molar-refractivity contribution in [1.82, 2.24) is 4.98 Å². The van der Waals surface area contributed by atoms with Crippen LogP contribution in [0.3, 0.4) is 0 Å². The van der Waals surface area contributed by atoms with E-state index in [1.807, 2.05) is 49.5 Å². The van der Waals surface area contributed by atoms with E-state index in [9.17, 15) is 0 Å². The Morgan fingerprint density at radius 2 is 2.15 bits per heavy atom. The number of ether oxygens (including phenoxy) is 1. The zero-order valence-electron chi connectivity index (χ0n) is 11.5. The molecule has 1 aromatic carbocycles. The average molecular weight is 268 g/mol. The molecule has 0 saturated heterocycles. The predicted molar refractivity (Wildman–Crippen MR) is 79.1 cm³/mol. The number of anilines is 1. The molecule has 0 radical (unpaired) electrons. The van der Waals surface area contributed by atoms with Gasteiger partial charge in [-0.05, 0) is 31.2 Å². The van der Waals surface area contributed by atoms with E-state index in [0.717, 1.165) is 33.9 Å². The van der Waals surface area contributed by atoms with Crippen LogP contribution in [0.4, 0.5) is 5.69 Å². The zero-order valence-corrected chi connectivity index (χ0v) is 11.5. The Morgan fingerprint density at radius 1 is 1.25 bits per heavy atom. The van der Waals surface area contributed by atoms with E-state index in [4.69, 9.17) is 9.15 Å². The molecule has 4 heteroatoms. The molecule has 0 unspecified atom stereocenters. The molecule has 0 fully saturated rings. The number of aryl methyl sites for hydroxylation is 1. The summed E-state index contributed by atoms with van der Waals surface area (Å²) in [4.78, 5) is 4.25. The standard InChI is InChI=1S/C16H16N2O2/c1-11-6-7-13(9-17-11)18-10-14-8-12-4-3-5-15(19-2)16(12)20-14/h3-9,18H,10H2,1-2H3. The highest BCUT2D eigenvalue weighted by Crippen LogP contribution is 2.28. The molecule has 0 amide bonds. The average Bonchev–Trinajstić information content (AvgIpc) is 2.89. The van der Waals surface area contributed by atoms with Crippen molar-refractivity contribution in [2.45, 2.75) is 13.5 Å². The van der Waals surface area contributed by atoms with E-state index in [1.54, 1.807) is 7.11 Å². The topological polar surface area (TPSA) is 47.3 Å². The summed E-state index contributed by atoms with van der Waals surface area (Å²) in [5.74, 6) is 1.62. The summed E-state index contributed by atoms with van der Waals surface area (Å²) in [6.45, 7) is 2.58. The van der Waals surface area contributed by atoms with E-state index in [-0.39, 0.29) is 0 Å². The van der Waals surface area contributed by atoms with Crippen molar-refractivity contribution in [1.29, 1.82) is 0 Å². The van der Waals surface area contributed by atoms with E-state index in [0.29, 0.717) is 6.54 Å². The van der Waals surface area contributed by atoms with Gasteiger partial charge in [0.25, 0.3) is 0 Å². The summed E-state index contributed by atoms with van der Waals surface area (Å²) in [5.41, 5.74) is 2.76. The number of nitrogens with one attached hydrogen (secondary N) is 1. The molecular weight excluding hydrogens is 252 g/mol. The van der Waals surface area contributed by atoms with Crippen LogP contribution in [0.25, 0.3) is 11.0 Å². The highest BCUT2D eigenvalue weighted by atomic mass is 16.5. The molecule has 0 spiro atoms. The van der Waals surface area contributed by atoms with Gasteiger partial charge in [-0.25, -0.2) is 0 Å². The Kier molecular flexibility index (Phi) is 3.29. The zero-order chi connectivity index (χ0) is 13.9. The highest BCUT2D eigenvalue weighted by molar-refractivity contribution is 5.83. The molecule has 4 nitrogen and oxygen atoms in total. The molecule has 2 aromatic heterocycles. The summed E-state index contributed by atoms with van der Waals surface area (Å²) in [6.07, 6.45) is 1.82. The molecule has 2 heterocycles. The Morgan fingerprint density at radius 3 is 2.90 bits per heavy atom. The maximum atomic E-state index is 5.83. The van der Waals surface area contributed by atoms with Gasteiger partial charge >= 0.3 is 0 Å². The van der Waals surface area contributed by atoms with Crippen molar-refractivity contribution in [3.05, 3.63) is 54.0 Å². The molecular formula is C16H16N2O2. The number of para-hydroxylation sites is 1. The van der Waals surface area contributed by atoms with Crippen LogP contribution in [0.15, 0.2) is 47.0 Å². The molecule has 0 atom stereocenters. The van der Waals surface area contributed by atoms with Gasteiger partial charge in [-0.3, -0.25) is 4.98 Å². The minimum Gasteiger partial charge on any atom is -0.493 e. The first-order valence-electron chi connectivity index (χ1n) is 6.48. The van der Waals surface area contributed by atoms with Gasteiger partial charge < -0.3 is 14.5 Å². The maximum Gasteiger partial charge on any atom is 0.176 e. The van der Waals surface area contributed by atoms with Crippen LogP contribution >= 0.6 is 0 Å². The Labute approximate surface area is 117 Å². The summed E-state index contributed by atoms with van der Waals surface area (Å²) >= 11 is 0. The van der Waals surface area contributed by atoms with Gasteiger partial charge in [-0.2, -0.15) is 0 Å². The van der Waals surface area contributed by atoms with Crippen molar-refractivity contribution < 1.29 is 9.15 Å². The Bertz CT molecular complexity index is 717. The first-order chi connectivity index (χ1) is 9.76. The first-order valence-corrected chi connectivity index (χ1v) is 6.48. The second-order valence-electron chi connectivity index (χ2n) is 4.63. The minimum absolute atomic E-state index is 0.614. The number of pyridine rings is 1. The number of aromatic nitrogens is 1. The van der Waals surface area contributed by atoms with Gasteiger partial charge in [-0.15, -0.1) is 0 Å². The summed E-state index contributed by atoms with van der Waals surface area (Å²) < 4.78 is 11.1. The molecule has 20 heavy (non-hydrogen) atoms. The maximum absolute atomic E-state index is 5.83. The number of furan rings is 1. The third kappa shape index (κ3) is 2.45. The SMILES string of the molecule is COc1cccc2cc(CNc3ccc(C)nc3)oc12. The second-order valence-corrected chi connectivity index (χ2v) is 4.63. The molecule has 3 aromatic rings. The van der Waals surface area contributed by atoms with Crippen molar-refractivity contribution in [2.24, 2.45) is 0 Å². The molecule has 1 N–H and O–H groups in total. The third-order valence-corrected chi connectivity index (χ3v) is 3.16. The van der Waals surface area contributed by atoms with Crippen LogP contribution in [0.5, 0.6) is 5.75 Å². The van der Waals surface area contributed by atoms with Gasteiger partial charge in [0.1, 0.15) is 5.76 Å². The van der Waals surface area contributed by atoms with Gasteiger partial charge in [0, 0.05) is 11.1 Å². The molecule has 0 aliphatic heterocycles. The molecule has 0 aliphatic rings. The van der Waals surface area contributed by atoms with Crippen molar-refractivity contribution >= 4 is 16.7 Å². The van der Waals surface area contributed by atoms with E-state index in [1.165, 1.54) is 0 Å². The van der Waals surface area contributed by atoms with E-state index >= 15 is 0 Å². The quantitative estimate of drug-likeness (QED) is 0.782. The summed E-state index contributed by atoms with van der Waals surface area (Å²) in [5, 5.41) is 4.33. The lowest BCUT2D eigenvalue weighted by Crippen LogP contribution is -1.98. The van der Waals surface area contributed by atoms with Gasteiger partial charge in [0.2, 0.25) is 0 Å². The highest BCUT2D eigenvalue weighted by Gasteiger charge is 2.08. The van der Waals surface area contributed by atoms with E-state index < -0.39 is 0 Å². The van der Waals surface area contributed by atoms with Crippen LogP contribution in [0.2, 0.25) is 0 Å². The van der Waals surface area contributed by atoms with E-state index in [2.05, 4.69) is 10.3 Å². The first kappa shape index (κ1) is 12.5. The number of rotatable bonds is 4. The van der Waals surface area contributed by atoms with Gasteiger partial charge in [0.15, 0.2) is 11.3 Å². The fourth-order valence-electron chi connectivity index (χ4n) is 2.10. The third-order valence-electron chi connectivity index (χ3n) is 3.16. The predicted octanol–water partition coefficient (Wildman–Crippen LogP) is 3.76.